The first kappa shape index (κ1) is 27.1. The molecule has 0 saturated heterocycles. The van der Waals surface area contributed by atoms with E-state index < -0.39 is 23.7 Å². The van der Waals surface area contributed by atoms with Crippen LogP contribution in [0.4, 0.5) is 10.5 Å². The van der Waals surface area contributed by atoms with Crippen molar-refractivity contribution in [3.8, 4) is 0 Å². The minimum atomic E-state index is -0.828. The fourth-order valence-corrected chi connectivity index (χ4v) is 5.47. The van der Waals surface area contributed by atoms with Crippen LogP contribution in [0.15, 0.2) is 48.5 Å². The third kappa shape index (κ3) is 5.48. The molecule has 0 unspecified atom stereocenters. The molecule has 8 nitrogen and oxygen atoms in total. The van der Waals surface area contributed by atoms with Gasteiger partial charge in [0.05, 0.1) is 13.2 Å². The maximum absolute atomic E-state index is 13.2. The van der Waals surface area contributed by atoms with Gasteiger partial charge in [-0.3, -0.25) is 9.69 Å². The molecule has 1 aliphatic heterocycles. The van der Waals surface area contributed by atoms with E-state index in [0.29, 0.717) is 24.6 Å². The standard InChI is InChI=1S/C30H34ClN3O5/c1-30(2,3)39-29(37)33(17-18-9-10-18)20-13-11-19(12-14-20)27-26-22(21-7-5-6-8-23(21)32-26)15-24(28(36)38-4)34(27)25(35)16-31/h5-8,11-14,18,24,27,32H,9-10,15-17H2,1-4H3/t24-,27+/m1/s1. The average molecular weight is 552 g/mol. The zero-order valence-corrected chi connectivity index (χ0v) is 23.5. The van der Waals surface area contributed by atoms with Gasteiger partial charge in [0, 0.05) is 35.2 Å². The number of aromatic amines is 1. The lowest BCUT2D eigenvalue weighted by Gasteiger charge is -2.40. The second-order valence-corrected chi connectivity index (χ2v) is 11.5. The van der Waals surface area contributed by atoms with Crippen LogP contribution in [0.3, 0.4) is 0 Å². The summed E-state index contributed by atoms with van der Waals surface area (Å²) in [5.74, 6) is -0.672. The lowest BCUT2D eigenvalue weighted by atomic mass is 9.87. The van der Waals surface area contributed by atoms with Crippen LogP contribution in [-0.4, -0.2) is 59.0 Å². The average Bonchev–Trinajstić information content (AvgIpc) is 3.67. The van der Waals surface area contributed by atoms with Gasteiger partial charge in [0.2, 0.25) is 5.91 Å². The molecular formula is C30H34ClN3O5. The lowest BCUT2D eigenvalue weighted by Crippen LogP contribution is -2.52. The summed E-state index contributed by atoms with van der Waals surface area (Å²) in [6.45, 7) is 6.14. The van der Waals surface area contributed by atoms with Gasteiger partial charge in [-0.05, 0) is 68.9 Å². The van der Waals surface area contributed by atoms with Crippen molar-refractivity contribution in [1.82, 2.24) is 9.88 Å². The number of hydrogen-bond acceptors (Lipinski definition) is 5. The third-order valence-corrected chi connectivity index (χ3v) is 7.51. The van der Waals surface area contributed by atoms with Gasteiger partial charge in [-0.1, -0.05) is 30.3 Å². The van der Waals surface area contributed by atoms with E-state index >= 15 is 0 Å². The molecule has 2 aromatic carbocycles. The quantitative estimate of drug-likeness (QED) is 0.319. The van der Waals surface area contributed by atoms with Gasteiger partial charge < -0.3 is 19.4 Å². The van der Waals surface area contributed by atoms with Gasteiger partial charge in [0.25, 0.3) is 0 Å². The number of halogens is 1. The van der Waals surface area contributed by atoms with Gasteiger partial charge in [0.15, 0.2) is 0 Å². The Morgan fingerprint density at radius 2 is 1.77 bits per heavy atom. The van der Waals surface area contributed by atoms with Gasteiger partial charge in [-0.2, -0.15) is 0 Å². The molecule has 0 spiro atoms. The highest BCUT2D eigenvalue weighted by Gasteiger charge is 2.44. The van der Waals surface area contributed by atoms with Crippen molar-refractivity contribution < 1.29 is 23.9 Å². The highest BCUT2D eigenvalue weighted by molar-refractivity contribution is 6.27. The number of carbonyl (C=O) groups is 3. The fraction of sp³-hybridized carbons (Fsp3) is 0.433. The second-order valence-electron chi connectivity index (χ2n) is 11.3. The molecule has 206 valence electrons. The van der Waals surface area contributed by atoms with E-state index in [2.05, 4.69) is 4.98 Å². The zero-order chi connectivity index (χ0) is 27.9. The Kier molecular flexibility index (Phi) is 7.33. The number of benzene rings is 2. The predicted octanol–water partition coefficient (Wildman–Crippen LogP) is 5.57. The molecule has 9 heteroatoms. The number of ether oxygens (including phenoxy) is 2. The van der Waals surface area contributed by atoms with E-state index in [1.54, 1.807) is 4.90 Å². The second kappa shape index (κ2) is 10.6. The summed E-state index contributed by atoms with van der Waals surface area (Å²) < 4.78 is 10.8. The monoisotopic (exact) mass is 551 g/mol. The fourth-order valence-electron chi connectivity index (χ4n) is 5.33. The molecule has 39 heavy (non-hydrogen) atoms. The first-order chi connectivity index (χ1) is 18.6. The Balaban J connectivity index is 1.58. The predicted molar refractivity (Wildman–Crippen MR) is 150 cm³/mol. The number of H-pyrrole nitrogens is 1. The van der Waals surface area contributed by atoms with Crippen LogP contribution in [0, 0.1) is 5.92 Å². The van der Waals surface area contributed by atoms with Gasteiger partial charge in [0.1, 0.15) is 17.5 Å². The number of fused-ring (bicyclic) bond motifs is 3. The number of carbonyl (C=O) groups excluding carboxylic acids is 3. The molecule has 3 aromatic rings. The maximum atomic E-state index is 13.2. The molecule has 1 aromatic heterocycles. The molecule has 5 rings (SSSR count). The van der Waals surface area contributed by atoms with E-state index in [1.165, 1.54) is 12.0 Å². The molecular weight excluding hydrogens is 518 g/mol. The summed E-state index contributed by atoms with van der Waals surface area (Å²) in [6, 6.07) is 14.0. The van der Waals surface area contributed by atoms with Crippen molar-refractivity contribution in [3.63, 3.8) is 0 Å². The highest BCUT2D eigenvalue weighted by atomic mass is 35.5. The molecule has 2 amide bonds. The number of amides is 2. The summed E-state index contributed by atoms with van der Waals surface area (Å²) in [6.07, 6.45) is 2.11. The molecule has 1 saturated carbocycles. The summed E-state index contributed by atoms with van der Waals surface area (Å²) in [7, 11) is 1.32. The number of aromatic nitrogens is 1. The van der Waals surface area contributed by atoms with Crippen LogP contribution in [0.2, 0.25) is 0 Å². The Bertz CT molecular complexity index is 1390. The normalized spacial score (nSPS) is 18.9. The summed E-state index contributed by atoms with van der Waals surface area (Å²) in [5.41, 5.74) is 3.62. The SMILES string of the molecule is COC(=O)[C@H]1Cc2c([nH]c3ccccc23)[C@H](c2ccc(N(CC3CC3)C(=O)OC(C)(C)C)cc2)N1C(=O)CCl. The van der Waals surface area contributed by atoms with E-state index in [4.69, 9.17) is 21.1 Å². The summed E-state index contributed by atoms with van der Waals surface area (Å²) >= 11 is 6.05. The molecule has 1 fully saturated rings. The van der Waals surface area contributed by atoms with Crippen molar-refractivity contribution >= 4 is 46.2 Å². The molecule has 2 heterocycles. The van der Waals surface area contributed by atoms with E-state index in [1.807, 2.05) is 69.3 Å². The molecule has 0 bridgehead atoms. The first-order valence-electron chi connectivity index (χ1n) is 13.3. The topological polar surface area (TPSA) is 91.9 Å². The number of nitrogens with zero attached hydrogens (tertiary/aromatic N) is 2. The minimum Gasteiger partial charge on any atom is -0.467 e. The number of hydrogen-bond donors (Lipinski definition) is 1. The van der Waals surface area contributed by atoms with E-state index in [0.717, 1.165) is 40.6 Å². The number of alkyl halides is 1. The molecule has 0 radical (unpaired) electrons. The van der Waals surface area contributed by atoms with Crippen molar-refractivity contribution in [2.75, 3.05) is 24.4 Å². The Labute approximate surface area is 233 Å². The number of nitrogens with one attached hydrogen (secondary N) is 1. The lowest BCUT2D eigenvalue weighted by molar-refractivity contribution is -0.154. The number of esters is 1. The van der Waals surface area contributed by atoms with E-state index in [-0.39, 0.29) is 17.9 Å². The first-order valence-corrected chi connectivity index (χ1v) is 13.8. The van der Waals surface area contributed by atoms with Crippen LogP contribution >= 0.6 is 11.6 Å². The van der Waals surface area contributed by atoms with Crippen molar-refractivity contribution in [2.45, 2.75) is 57.7 Å². The summed E-state index contributed by atoms with van der Waals surface area (Å²) in [4.78, 5) is 46.0. The minimum absolute atomic E-state index is 0.272. The number of para-hydroxylation sites is 1. The maximum Gasteiger partial charge on any atom is 0.414 e. The number of rotatable bonds is 6. The number of methoxy groups -OCH3 is 1. The highest BCUT2D eigenvalue weighted by Crippen LogP contribution is 2.42. The third-order valence-electron chi connectivity index (χ3n) is 7.28. The zero-order valence-electron chi connectivity index (χ0n) is 22.7. The smallest absolute Gasteiger partial charge is 0.414 e. The van der Waals surface area contributed by atoms with Crippen LogP contribution in [-0.2, 0) is 25.5 Å². The van der Waals surface area contributed by atoms with Crippen LogP contribution in [0.5, 0.6) is 0 Å². The van der Waals surface area contributed by atoms with Crippen molar-refractivity contribution in [3.05, 3.63) is 65.4 Å². The largest absolute Gasteiger partial charge is 0.467 e. The number of anilines is 1. The molecule has 2 aliphatic rings. The van der Waals surface area contributed by atoms with Crippen LogP contribution < -0.4 is 4.90 Å². The van der Waals surface area contributed by atoms with Crippen LogP contribution in [0.25, 0.3) is 10.9 Å². The van der Waals surface area contributed by atoms with Crippen LogP contribution in [0.1, 0.15) is 56.5 Å². The van der Waals surface area contributed by atoms with Gasteiger partial charge in [-0.15, -0.1) is 11.6 Å². The Hall–Kier alpha value is -3.52. The van der Waals surface area contributed by atoms with Gasteiger partial charge in [-0.25, -0.2) is 9.59 Å². The van der Waals surface area contributed by atoms with Crippen molar-refractivity contribution in [2.24, 2.45) is 5.92 Å². The molecule has 1 N–H and O–H groups in total. The molecule has 1 aliphatic carbocycles. The van der Waals surface area contributed by atoms with Gasteiger partial charge >= 0.3 is 12.1 Å². The van der Waals surface area contributed by atoms with Crippen molar-refractivity contribution in [1.29, 1.82) is 0 Å². The summed E-state index contributed by atoms with van der Waals surface area (Å²) in [5, 5.41) is 1.00. The molecule has 2 atom stereocenters. The van der Waals surface area contributed by atoms with E-state index in [9.17, 15) is 14.4 Å². The Morgan fingerprint density at radius 3 is 2.38 bits per heavy atom. The Morgan fingerprint density at radius 1 is 1.08 bits per heavy atom.